The fraction of sp³-hybridized carbons (Fsp3) is 0.815. The van der Waals surface area contributed by atoms with Crippen molar-refractivity contribution in [3.63, 3.8) is 0 Å². The Balaban J connectivity index is 2.14. The van der Waals surface area contributed by atoms with E-state index in [0.29, 0.717) is 26.1 Å². The second-order valence-electron chi connectivity index (χ2n) is 17.7. The van der Waals surface area contributed by atoms with Gasteiger partial charge in [-0.25, -0.2) is 0 Å². The van der Waals surface area contributed by atoms with E-state index in [-0.39, 0.29) is 24.0 Å². The molecule has 2 atom stereocenters. The highest BCUT2D eigenvalue weighted by Gasteiger charge is 2.19. The highest BCUT2D eigenvalue weighted by Crippen LogP contribution is 2.19. The third kappa shape index (κ3) is 40.5. The van der Waals surface area contributed by atoms with Gasteiger partial charge in [-0.3, -0.25) is 14.5 Å². The highest BCUT2D eigenvalue weighted by molar-refractivity contribution is 5.69. The van der Waals surface area contributed by atoms with Crippen molar-refractivity contribution in [3.05, 3.63) is 48.6 Å². The molecule has 0 bridgehead atoms. The number of aliphatic hydroxyl groups excluding tert-OH is 1. The second kappa shape index (κ2) is 46.7. The number of nitrogens with one attached hydrogen (secondary N) is 1. The fourth-order valence-electron chi connectivity index (χ4n) is 7.83. The Morgan fingerprint density at radius 2 is 1.00 bits per heavy atom. The summed E-state index contributed by atoms with van der Waals surface area (Å²) in [4.78, 5) is 27.0. The molecule has 8 nitrogen and oxygen atoms in total. The van der Waals surface area contributed by atoms with Crippen molar-refractivity contribution in [1.29, 1.82) is 0 Å². The number of ether oxygens (including phenoxy) is 3. The molecule has 1 aliphatic rings. The van der Waals surface area contributed by atoms with E-state index in [1.807, 2.05) is 0 Å². The molecule has 0 spiro atoms. The summed E-state index contributed by atoms with van der Waals surface area (Å²) in [5, 5.41) is 14.8. The Hall–Kier alpha value is -2.26. The lowest BCUT2D eigenvalue weighted by molar-refractivity contribution is -0.144. The third-order valence-corrected chi connectivity index (χ3v) is 12.0. The minimum absolute atomic E-state index is 0.0776. The van der Waals surface area contributed by atoms with Crippen molar-refractivity contribution < 1.29 is 28.9 Å². The molecular weight excluding hydrogens is 773 g/mol. The standard InChI is InChI=1S/C54H98N2O6/c1-3-5-7-9-11-13-15-17-19-21-23-25-27-29-33-40-53(58)61-46-36-31-32-39-52(57)51(50-55-42-43-56-44-48-60-49-45-56)38-35-37-47-62-54(59)41-34-30-28-26-24-22-20-18-16-14-12-10-8-6-4-2/h11-14,17-20,51-52,55,57H,3-10,15-16,21-50H2,1-2H3/b13-11-,14-12-,19-17-,20-18-. The number of esters is 2. The van der Waals surface area contributed by atoms with Crippen LogP contribution in [0.15, 0.2) is 48.6 Å². The number of hydrogen-bond acceptors (Lipinski definition) is 8. The smallest absolute Gasteiger partial charge is 0.305 e. The molecular formula is C54H98N2O6. The highest BCUT2D eigenvalue weighted by atomic mass is 16.5. The lowest BCUT2D eigenvalue weighted by atomic mass is 9.92. The van der Waals surface area contributed by atoms with Gasteiger partial charge < -0.3 is 24.6 Å². The van der Waals surface area contributed by atoms with E-state index < -0.39 is 0 Å². The summed E-state index contributed by atoms with van der Waals surface area (Å²) in [6.45, 7) is 11.7. The van der Waals surface area contributed by atoms with Crippen LogP contribution in [-0.4, -0.2) is 87.2 Å². The van der Waals surface area contributed by atoms with Crippen LogP contribution in [-0.2, 0) is 23.8 Å². The summed E-state index contributed by atoms with van der Waals surface area (Å²) in [6.07, 6.45) is 50.9. The maximum atomic E-state index is 12.3. The summed E-state index contributed by atoms with van der Waals surface area (Å²) >= 11 is 0. The van der Waals surface area contributed by atoms with Crippen LogP contribution >= 0.6 is 0 Å². The zero-order valence-electron chi connectivity index (χ0n) is 40.5. The molecule has 0 aromatic rings. The molecule has 1 fully saturated rings. The van der Waals surface area contributed by atoms with Gasteiger partial charge in [-0.05, 0) is 121 Å². The first kappa shape index (κ1) is 57.8. The molecule has 1 heterocycles. The number of morpholine rings is 1. The van der Waals surface area contributed by atoms with E-state index in [2.05, 4.69) is 72.7 Å². The van der Waals surface area contributed by atoms with E-state index in [1.54, 1.807) is 0 Å². The number of hydrogen-bond donors (Lipinski definition) is 2. The van der Waals surface area contributed by atoms with Crippen LogP contribution in [0.4, 0.5) is 0 Å². The average molecular weight is 871 g/mol. The summed E-state index contributed by atoms with van der Waals surface area (Å²) < 4.78 is 16.6. The first-order valence-corrected chi connectivity index (χ1v) is 26.2. The molecule has 0 aliphatic carbocycles. The lowest BCUT2D eigenvalue weighted by Gasteiger charge is -2.28. The molecule has 2 unspecified atom stereocenters. The topological polar surface area (TPSA) is 97.3 Å². The number of nitrogens with zero attached hydrogens (tertiary/aromatic N) is 1. The van der Waals surface area contributed by atoms with Crippen LogP contribution in [0.2, 0.25) is 0 Å². The molecule has 62 heavy (non-hydrogen) atoms. The summed E-state index contributed by atoms with van der Waals surface area (Å²) in [7, 11) is 0. The van der Waals surface area contributed by atoms with Crippen molar-refractivity contribution in [3.8, 4) is 0 Å². The van der Waals surface area contributed by atoms with Crippen LogP contribution in [0, 0.1) is 5.92 Å². The van der Waals surface area contributed by atoms with E-state index in [1.165, 1.54) is 89.9 Å². The lowest BCUT2D eigenvalue weighted by Crippen LogP contribution is -2.41. The monoisotopic (exact) mass is 871 g/mol. The summed E-state index contributed by atoms with van der Waals surface area (Å²) in [5.74, 6) is 0.0000478. The van der Waals surface area contributed by atoms with Crippen molar-refractivity contribution in [1.82, 2.24) is 10.2 Å². The minimum atomic E-state index is -0.382. The molecule has 1 saturated heterocycles. The molecule has 0 aromatic heterocycles. The Bertz CT molecular complexity index is 1100. The molecule has 8 heteroatoms. The Kier molecular flexibility index (Phi) is 43.5. The molecule has 360 valence electrons. The van der Waals surface area contributed by atoms with Crippen LogP contribution in [0.1, 0.15) is 213 Å². The van der Waals surface area contributed by atoms with Gasteiger partial charge in [-0.2, -0.15) is 0 Å². The van der Waals surface area contributed by atoms with Crippen LogP contribution in [0.3, 0.4) is 0 Å². The maximum Gasteiger partial charge on any atom is 0.305 e. The molecule has 0 radical (unpaired) electrons. The number of aliphatic hydroxyl groups is 1. The largest absolute Gasteiger partial charge is 0.466 e. The Labute approximate surface area is 382 Å². The predicted octanol–water partition coefficient (Wildman–Crippen LogP) is 13.3. The van der Waals surface area contributed by atoms with Crippen LogP contribution < -0.4 is 5.32 Å². The number of carbonyl (C=O) groups excluding carboxylic acids is 2. The predicted molar refractivity (Wildman–Crippen MR) is 263 cm³/mol. The van der Waals surface area contributed by atoms with E-state index >= 15 is 0 Å². The Morgan fingerprint density at radius 3 is 1.52 bits per heavy atom. The van der Waals surface area contributed by atoms with Crippen molar-refractivity contribution in [2.45, 2.75) is 219 Å². The number of rotatable bonds is 45. The van der Waals surface area contributed by atoms with Gasteiger partial charge in [-0.15, -0.1) is 0 Å². The fourth-order valence-corrected chi connectivity index (χ4v) is 7.83. The zero-order chi connectivity index (χ0) is 44.7. The van der Waals surface area contributed by atoms with Gasteiger partial charge in [0.15, 0.2) is 0 Å². The average Bonchev–Trinajstić information content (AvgIpc) is 3.28. The molecule has 0 amide bonds. The Morgan fingerprint density at radius 1 is 0.565 bits per heavy atom. The van der Waals surface area contributed by atoms with Gasteiger partial charge in [0.05, 0.1) is 32.5 Å². The summed E-state index contributed by atoms with van der Waals surface area (Å²) in [6, 6.07) is 0. The first-order valence-electron chi connectivity index (χ1n) is 26.2. The van der Waals surface area contributed by atoms with Crippen molar-refractivity contribution in [2.75, 3.05) is 59.2 Å². The van der Waals surface area contributed by atoms with Gasteiger partial charge in [-0.1, -0.05) is 133 Å². The third-order valence-electron chi connectivity index (χ3n) is 12.0. The number of unbranched alkanes of at least 4 members (excludes halogenated alkanes) is 19. The van der Waals surface area contributed by atoms with Gasteiger partial charge in [0.25, 0.3) is 0 Å². The molecule has 2 N–H and O–H groups in total. The quantitative estimate of drug-likeness (QED) is 0.0355. The van der Waals surface area contributed by atoms with E-state index in [9.17, 15) is 14.7 Å². The van der Waals surface area contributed by atoms with Crippen LogP contribution in [0.25, 0.3) is 0 Å². The maximum absolute atomic E-state index is 12.3. The van der Waals surface area contributed by atoms with E-state index in [4.69, 9.17) is 14.2 Å². The van der Waals surface area contributed by atoms with Gasteiger partial charge in [0.1, 0.15) is 0 Å². The normalized spacial score (nSPS) is 14.8. The van der Waals surface area contributed by atoms with Gasteiger partial charge >= 0.3 is 11.9 Å². The van der Waals surface area contributed by atoms with Crippen molar-refractivity contribution >= 4 is 11.9 Å². The SMILES string of the molecule is CCCCC/C=C\C/C=C\CCCCCCCC(=O)OCCCCCC(O)C(CCCCOC(=O)CCCCCCC/C=C\C/C=C\CCCCC)CNCCN1CCOCC1. The second-order valence-corrected chi connectivity index (χ2v) is 17.7. The number of carbonyl (C=O) groups is 2. The molecule has 0 saturated carbocycles. The minimum Gasteiger partial charge on any atom is -0.466 e. The molecule has 0 aromatic carbocycles. The summed E-state index contributed by atoms with van der Waals surface area (Å²) in [5.41, 5.74) is 0. The number of allylic oxidation sites excluding steroid dienone is 8. The first-order chi connectivity index (χ1) is 30.6. The molecule has 1 rings (SSSR count). The van der Waals surface area contributed by atoms with Crippen LogP contribution in [0.5, 0.6) is 0 Å². The van der Waals surface area contributed by atoms with Gasteiger partial charge in [0, 0.05) is 45.6 Å². The van der Waals surface area contributed by atoms with E-state index in [0.717, 1.165) is 142 Å². The molecule has 1 aliphatic heterocycles. The van der Waals surface area contributed by atoms with Crippen molar-refractivity contribution in [2.24, 2.45) is 5.92 Å². The van der Waals surface area contributed by atoms with Gasteiger partial charge in [0.2, 0.25) is 0 Å². The zero-order valence-corrected chi connectivity index (χ0v) is 40.5.